The number of carbonyl (C=O) groups is 3. The predicted molar refractivity (Wildman–Crippen MR) is 175 cm³/mol. The summed E-state index contributed by atoms with van der Waals surface area (Å²) in [6.07, 6.45) is 4.11. The molecule has 10 heteroatoms. The summed E-state index contributed by atoms with van der Waals surface area (Å²) in [7, 11) is 0. The average molecular weight is 685 g/mol. The van der Waals surface area contributed by atoms with Crippen LogP contribution in [0.1, 0.15) is 25.3 Å². The Bertz CT molecular complexity index is 1410. The van der Waals surface area contributed by atoms with E-state index in [1.165, 1.54) is 9.80 Å². The second-order valence-corrected chi connectivity index (χ2v) is 13.3. The number of alkyl halides is 1. The lowest BCUT2D eigenvalue weighted by atomic mass is 9.70. The minimum atomic E-state index is -1.29. The van der Waals surface area contributed by atoms with Crippen molar-refractivity contribution in [1.82, 2.24) is 9.80 Å². The first-order valence-electron chi connectivity index (χ1n) is 15.1. The van der Waals surface area contributed by atoms with Gasteiger partial charge in [0.25, 0.3) is 5.91 Å². The van der Waals surface area contributed by atoms with E-state index in [-0.39, 0.29) is 29.8 Å². The van der Waals surface area contributed by atoms with Crippen molar-refractivity contribution >= 4 is 50.9 Å². The Morgan fingerprint density at radius 1 is 1.14 bits per heavy atom. The van der Waals surface area contributed by atoms with Gasteiger partial charge in [0.1, 0.15) is 11.6 Å². The first-order chi connectivity index (χ1) is 21.2. The summed E-state index contributed by atoms with van der Waals surface area (Å²) in [6.45, 7) is 10.3. The standard InChI is InChI=1S/C34H39BrClN3O5/c1-4-16-37(17-5-2)31(41)27-28-32(42)39(23(21-40)19-22-12-8-7-9-13-22)30(34(28)20-24(35)29(27)44-34)33(43)38(18-6-3)26-15-11-10-14-25(26)36/h4,6-15,23-24,27-30,40H,1,3,5,16-21H2,2H3/t23-,24?,27-,28+,29-,30?,34?/m1/s1. The van der Waals surface area contributed by atoms with Crippen molar-refractivity contribution in [3.05, 3.63) is 90.5 Å². The SMILES string of the molecule is C=CCN(CCC)C(=O)[C@H]1[C@@H]2OC3(CC2Br)C(C(=O)N(CC=C)c2ccccc2Cl)N([C@@H](CO)Cc2ccccc2)C(=O)[C@H]13. The summed E-state index contributed by atoms with van der Waals surface area (Å²) >= 11 is 10.3. The number of hydrogen-bond donors (Lipinski definition) is 1. The van der Waals surface area contributed by atoms with Crippen LogP contribution in [0, 0.1) is 11.8 Å². The molecule has 0 aliphatic carbocycles. The molecule has 1 spiro atoms. The van der Waals surface area contributed by atoms with E-state index in [0.29, 0.717) is 36.6 Å². The van der Waals surface area contributed by atoms with Gasteiger partial charge in [-0.15, -0.1) is 13.2 Å². The topological polar surface area (TPSA) is 90.4 Å². The molecule has 8 nitrogen and oxygen atoms in total. The van der Waals surface area contributed by atoms with E-state index in [0.717, 1.165) is 12.0 Å². The van der Waals surface area contributed by atoms with Gasteiger partial charge in [0.05, 0.1) is 41.3 Å². The number of amides is 3. The number of anilines is 1. The molecular formula is C34H39BrClN3O5. The second-order valence-electron chi connectivity index (χ2n) is 11.7. The molecule has 7 atom stereocenters. The van der Waals surface area contributed by atoms with Crippen molar-refractivity contribution < 1.29 is 24.2 Å². The molecule has 3 saturated heterocycles. The Morgan fingerprint density at radius 3 is 2.45 bits per heavy atom. The third kappa shape index (κ3) is 5.53. The molecule has 1 N–H and O–H groups in total. The van der Waals surface area contributed by atoms with E-state index >= 15 is 0 Å². The summed E-state index contributed by atoms with van der Waals surface area (Å²) in [5, 5.41) is 11.1. The highest BCUT2D eigenvalue weighted by atomic mass is 79.9. The molecule has 44 heavy (non-hydrogen) atoms. The minimum Gasteiger partial charge on any atom is -0.394 e. The average Bonchev–Trinajstić information content (AvgIpc) is 3.62. The molecular weight excluding hydrogens is 646 g/mol. The maximum absolute atomic E-state index is 14.9. The van der Waals surface area contributed by atoms with Crippen LogP contribution in [0.5, 0.6) is 0 Å². The highest BCUT2D eigenvalue weighted by molar-refractivity contribution is 9.09. The van der Waals surface area contributed by atoms with Crippen molar-refractivity contribution in [3.8, 4) is 0 Å². The number of halogens is 2. The molecule has 5 rings (SSSR count). The summed E-state index contributed by atoms with van der Waals surface area (Å²) in [5.41, 5.74) is 0.0977. The van der Waals surface area contributed by atoms with Gasteiger partial charge in [-0.2, -0.15) is 0 Å². The predicted octanol–water partition coefficient (Wildman–Crippen LogP) is 4.64. The van der Waals surface area contributed by atoms with Gasteiger partial charge in [-0.25, -0.2) is 0 Å². The largest absolute Gasteiger partial charge is 0.394 e. The van der Waals surface area contributed by atoms with Crippen LogP contribution in [0.4, 0.5) is 5.69 Å². The molecule has 3 heterocycles. The number of ether oxygens (including phenoxy) is 1. The van der Waals surface area contributed by atoms with E-state index in [9.17, 15) is 19.5 Å². The molecule has 0 radical (unpaired) electrons. The van der Waals surface area contributed by atoms with Crippen molar-refractivity contribution in [2.24, 2.45) is 11.8 Å². The Balaban J connectivity index is 1.64. The van der Waals surface area contributed by atoms with Gasteiger partial charge < -0.3 is 24.5 Å². The van der Waals surface area contributed by atoms with Crippen molar-refractivity contribution in [1.29, 1.82) is 0 Å². The Kier molecular flexibility index (Phi) is 9.99. The number of fused-ring (bicyclic) bond motifs is 1. The van der Waals surface area contributed by atoms with Gasteiger partial charge in [0.2, 0.25) is 11.8 Å². The van der Waals surface area contributed by atoms with E-state index in [1.54, 1.807) is 41.3 Å². The molecule has 3 amide bonds. The third-order valence-corrected chi connectivity index (χ3v) is 10.2. The second kappa shape index (κ2) is 13.6. The zero-order valence-electron chi connectivity index (χ0n) is 24.9. The number of aliphatic hydroxyl groups excluding tert-OH is 1. The van der Waals surface area contributed by atoms with Gasteiger partial charge in [0, 0.05) is 24.5 Å². The fourth-order valence-corrected chi connectivity index (χ4v) is 8.52. The Labute approximate surface area is 272 Å². The van der Waals surface area contributed by atoms with Gasteiger partial charge in [0.15, 0.2) is 0 Å². The number of para-hydroxylation sites is 1. The minimum absolute atomic E-state index is 0.136. The number of carbonyl (C=O) groups excluding carboxylic acids is 3. The lowest BCUT2D eigenvalue weighted by Crippen LogP contribution is -2.59. The van der Waals surface area contributed by atoms with Gasteiger partial charge in [-0.3, -0.25) is 14.4 Å². The molecule has 2 bridgehead atoms. The molecule has 0 aromatic heterocycles. The Hall–Kier alpha value is -2.98. The van der Waals surface area contributed by atoms with E-state index in [1.807, 2.05) is 37.3 Å². The highest BCUT2D eigenvalue weighted by Crippen LogP contribution is 2.61. The highest BCUT2D eigenvalue weighted by Gasteiger charge is 2.77. The zero-order chi connectivity index (χ0) is 31.6. The number of rotatable bonds is 13. The molecule has 0 saturated carbocycles. The number of hydrogen-bond acceptors (Lipinski definition) is 5. The monoisotopic (exact) mass is 683 g/mol. The maximum atomic E-state index is 14.9. The van der Waals surface area contributed by atoms with Gasteiger partial charge in [-0.1, -0.05) is 89.1 Å². The van der Waals surface area contributed by atoms with Crippen LogP contribution in [0.3, 0.4) is 0 Å². The molecule has 3 aliphatic rings. The first-order valence-corrected chi connectivity index (χ1v) is 16.4. The summed E-state index contributed by atoms with van der Waals surface area (Å²) in [5.74, 6) is -2.63. The number of likely N-dealkylation sites (tertiary alicyclic amines) is 1. The lowest BCUT2D eigenvalue weighted by Gasteiger charge is -2.39. The smallest absolute Gasteiger partial charge is 0.253 e. The molecule has 3 unspecified atom stereocenters. The normalized spacial score (nSPS) is 27.6. The van der Waals surface area contributed by atoms with Gasteiger partial charge in [-0.05, 0) is 37.0 Å². The van der Waals surface area contributed by atoms with Crippen LogP contribution in [0.25, 0.3) is 0 Å². The number of nitrogens with zero attached hydrogens (tertiary/aromatic N) is 3. The molecule has 234 valence electrons. The molecule has 2 aromatic rings. The van der Waals surface area contributed by atoms with Crippen molar-refractivity contribution in [2.45, 2.75) is 54.8 Å². The summed E-state index contributed by atoms with van der Waals surface area (Å²) in [6, 6.07) is 14.7. The van der Waals surface area contributed by atoms with Crippen LogP contribution in [-0.2, 0) is 25.5 Å². The first kappa shape index (κ1) is 32.4. The fraction of sp³-hybridized carbons (Fsp3) is 0.441. The van der Waals surface area contributed by atoms with Crippen molar-refractivity contribution in [2.75, 3.05) is 31.1 Å². The van der Waals surface area contributed by atoms with E-state index in [4.69, 9.17) is 16.3 Å². The number of benzene rings is 2. The summed E-state index contributed by atoms with van der Waals surface area (Å²) < 4.78 is 6.74. The number of aliphatic hydroxyl groups is 1. The molecule has 3 fully saturated rings. The third-order valence-electron chi connectivity index (χ3n) is 9.04. The maximum Gasteiger partial charge on any atom is 0.253 e. The van der Waals surface area contributed by atoms with Gasteiger partial charge >= 0.3 is 0 Å². The van der Waals surface area contributed by atoms with E-state index < -0.39 is 41.5 Å². The van der Waals surface area contributed by atoms with Crippen LogP contribution in [0.15, 0.2) is 79.9 Å². The quantitative estimate of drug-likeness (QED) is 0.246. The van der Waals surface area contributed by atoms with Crippen LogP contribution < -0.4 is 4.90 Å². The van der Waals surface area contributed by atoms with Crippen molar-refractivity contribution in [3.63, 3.8) is 0 Å². The molecule has 3 aliphatic heterocycles. The fourth-order valence-electron chi connectivity index (χ4n) is 7.34. The lowest BCUT2D eigenvalue weighted by molar-refractivity contribution is -0.147. The van der Waals surface area contributed by atoms with E-state index in [2.05, 4.69) is 29.1 Å². The Morgan fingerprint density at radius 2 is 1.82 bits per heavy atom. The summed E-state index contributed by atoms with van der Waals surface area (Å²) in [4.78, 5) is 48.3. The zero-order valence-corrected chi connectivity index (χ0v) is 27.2. The van der Waals surface area contributed by atoms with Crippen LogP contribution >= 0.6 is 27.5 Å². The molecule has 2 aromatic carbocycles. The van der Waals surface area contributed by atoms with Crippen LogP contribution in [-0.4, -0.2) is 87.5 Å². The van der Waals surface area contributed by atoms with Crippen LogP contribution in [0.2, 0.25) is 5.02 Å².